The average Bonchev–Trinajstić information content (AvgIpc) is 3.01. The zero-order valence-corrected chi connectivity index (χ0v) is 16.1. The van der Waals surface area contributed by atoms with Crippen molar-refractivity contribution in [1.29, 1.82) is 0 Å². The second-order valence-corrected chi connectivity index (χ2v) is 7.38. The lowest BCUT2D eigenvalue weighted by Gasteiger charge is -2.03. The van der Waals surface area contributed by atoms with E-state index in [4.69, 9.17) is 13.7 Å². The van der Waals surface area contributed by atoms with Crippen molar-refractivity contribution in [3.63, 3.8) is 0 Å². The molecule has 0 bridgehead atoms. The molecule has 0 aliphatic heterocycles. The molecule has 25 heavy (non-hydrogen) atoms. The van der Waals surface area contributed by atoms with Gasteiger partial charge >= 0.3 is 10.4 Å². The van der Waals surface area contributed by atoms with Crippen LogP contribution in [0.5, 0.6) is 0 Å². The predicted molar refractivity (Wildman–Crippen MR) is 96.5 cm³/mol. The second kappa shape index (κ2) is 13.3. The first-order chi connectivity index (χ1) is 12.0. The fraction of sp³-hybridized carbons (Fsp3) is 0.778. The minimum atomic E-state index is -4.44. The van der Waals surface area contributed by atoms with Crippen LogP contribution in [-0.2, 0) is 32.5 Å². The molecule has 1 N–H and O–H groups in total. The normalized spacial score (nSPS) is 11.9. The summed E-state index contributed by atoms with van der Waals surface area (Å²) in [4.78, 5) is 0. The van der Waals surface area contributed by atoms with E-state index >= 15 is 0 Å². The Balaban J connectivity index is 1.94. The molecule has 0 fully saturated rings. The Morgan fingerprint density at radius 3 is 1.96 bits per heavy atom. The van der Waals surface area contributed by atoms with Crippen LogP contribution in [0.25, 0.3) is 0 Å². The number of hydrogen-bond acceptors (Lipinski definition) is 5. The summed E-state index contributed by atoms with van der Waals surface area (Å²) in [5, 5.41) is 0. The van der Waals surface area contributed by atoms with Gasteiger partial charge in [0.1, 0.15) is 24.7 Å². The zero-order valence-electron chi connectivity index (χ0n) is 15.2. The molecule has 1 aromatic heterocycles. The van der Waals surface area contributed by atoms with Crippen LogP contribution in [0.3, 0.4) is 0 Å². The van der Waals surface area contributed by atoms with Crippen LogP contribution in [-0.4, -0.2) is 19.6 Å². The lowest BCUT2D eigenvalue weighted by Crippen LogP contribution is -2.02. The van der Waals surface area contributed by atoms with Crippen LogP contribution < -0.4 is 0 Å². The quantitative estimate of drug-likeness (QED) is 0.321. The van der Waals surface area contributed by atoms with E-state index < -0.39 is 10.4 Å². The fourth-order valence-corrected chi connectivity index (χ4v) is 2.84. The number of ether oxygens (including phenoxy) is 1. The largest absolute Gasteiger partial charge is 0.461 e. The van der Waals surface area contributed by atoms with Gasteiger partial charge in [0.25, 0.3) is 0 Å². The smallest absolute Gasteiger partial charge is 0.397 e. The van der Waals surface area contributed by atoms with Gasteiger partial charge in [0.05, 0.1) is 0 Å². The van der Waals surface area contributed by atoms with Crippen molar-refractivity contribution >= 4 is 10.4 Å². The molecule has 146 valence electrons. The van der Waals surface area contributed by atoms with E-state index in [1.165, 1.54) is 57.8 Å². The molecule has 0 atom stereocenters. The fourth-order valence-electron chi connectivity index (χ4n) is 2.57. The molecule has 0 amide bonds. The Morgan fingerprint density at radius 2 is 1.40 bits per heavy atom. The Kier molecular flexibility index (Phi) is 11.8. The van der Waals surface area contributed by atoms with Gasteiger partial charge in [0.15, 0.2) is 0 Å². The van der Waals surface area contributed by atoms with Crippen molar-refractivity contribution in [2.24, 2.45) is 0 Å². The molecular weight excluding hydrogens is 344 g/mol. The van der Waals surface area contributed by atoms with Crippen molar-refractivity contribution in [3.8, 4) is 0 Å². The SMILES string of the molecule is CCCCCCCCCCCCOCc1ccc(COS(=O)(=O)O)o1. The Morgan fingerprint density at radius 1 is 0.880 bits per heavy atom. The first kappa shape index (κ1) is 22.2. The molecule has 0 aromatic carbocycles. The van der Waals surface area contributed by atoms with Gasteiger partial charge in [-0.1, -0.05) is 64.7 Å². The summed E-state index contributed by atoms with van der Waals surface area (Å²) in [6.45, 7) is 2.96. The van der Waals surface area contributed by atoms with Crippen molar-refractivity contribution in [3.05, 3.63) is 23.7 Å². The van der Waals surface area contributed by atoms with Crippen molar-refractivity contribution in [1.82, 2.24) is 0 Å². The predicted octanol–water partition coefficient (Wildman–Crippen LogP) is 5.04. The van der Waals surface area contributed by atoms with E-state index in [-0.39, 0.29) is 6.61 Å². The molecule has 0 aliphatic rings. The molecule has 1 aromatic rings. The molecule has 1 rings (SSSR count). The van der Waals surface area contributed by atoms with Gasteiger partial charge in [0.2, 0.25) is 0 Å². The summed E-state index contributed by atoms with van der Waals surface area (Å²) < 4.78 is 44.6. The summed E-state index contributed by atoms with van der Waals surface area (Å²) in [6, 6.07) is 3.31. The molecule has 0 spiro atoms. The highest BCUT2D eigenvalue weighted by molar-refractivity contribution is 7.80. The van der Waals surface area contributed by atoms with Crippen molar-refractivity contribution in [2.75, 3.05) is 6.61 Å². The first-order valence-corrected chi connectivity index (χ1v) is 10.6. The minimum absolute atomic E-state index is 0.322. The molecule has 0 saturated heterocycles. The van der Waals surface area contributed by atoms with Crippen LogP contribution in [0.2, 0.25) is 0 Å². The summed E-state index contributed by atoms with van der Waals surface area (Å²) >= 11 is 0. The van der Waals surface area contributed by atoms with Crippen molar-refractivity contribution in [2.45, 2.75) is 84.3 Å². The van der Waals surface area contributed by atoms with Gasteiger partial charge in [-0.2, -0.15) is 8.42 Å². The summed E-state index contributed by atoms with van der Waals surface area (Å²) in [6.07, 6.45) is 12.9. The monoisotopic (exact) mass is 376 g/mol. The van der Waals surface area contributed by atoms with E-state index in [9.17, 15) is 8.42 Å². The van der Waals surface area contributed by atoms with Crippen LogP contribution in [0.4, 0.5) is 0 Å². The summed E-state index contributed by atoms with van der Waals surface area (Å²) in [7, 11) is -4.44. The molecule has 1 heterocycles. The third-order valence-electron chi connectivity index (χ3n) is 3.95. The first-order valence-electron chi connectivity index (χ1n) is 9.28. The average molecular weight is 377 g/mol. The van der Waals surface area contributed by atoms with Gasteiger partial charge in [-0.05, 0) is 18.6 Å². The van der Waals surface area contributed by atoms with Crippen LogP contribution in [0.15, 0.2) is 16.5 Å². The topological polar surface area (TPSA) is 86.0 Å². The third-order valence-corrected chi connectivity index (χ3v) is 4.37. The van der Waals surface area contributed by atoms with Crippen LogP contribution in [0.1, 0.15) is 82.7 Å². The zero-order chi connectivity index (χ0) is 18.4. The molecule has 0 aliphatic carbocycles. The summed E-state index contributed by atoms with van der Waals surface area (Å²) in [5.41, 5.74) is 0. The third kappa shape index (κ3) is 13.0. The van der Waals surface area contributed by atoms with Gasteiger partial charge in [-0.3, -0.25) is 4.55 Å². The highest BCUT2D eigenvalue weighted by Crippen LogP contribution is 2.13. The highest BCUT2D eigenvalue weighted by atomic mass is 32.3. The maximum atomic E-state index is 10.5. The van der Waals surface area contributed by atoms with E-state index in [1.807, 2.05) is 0 Å². The lowest BCUT2D eigenvalue weighted by atomic mass is 10.1. The maximum Gasteiger partial charge on any atom is 0.397 e. The minimum Gasteiger partial charge on any atom is -0.461 e. The van der Waals surface area contributed by atoms with E-state index in [0.717, 1.165) is 6.42 Å². The van der Waals surface area contributed by atoms with Gasteiger partial charge in [0, 0.05) is 6.61 Å². The Hall–Kier alpha value is -0.890. The number of rotatable bonds is 16. The molecule has 0 radical (unpaired) electrons. The van der Waals surface area contributed by atoms with E-state index in [1.54, 1.807) is 12.1 Å². The Labute approximate surface area is 151 Å². The molecule has 7 heteroatoms. The van der Waals surface area contributed by atoms with Gasteiger partial charge < -0.3 is 9.15 Å². The molecule has 0 unspecified atom stereocenters. The van der Waals surface area contributed by atoms with Crippen LogP contribution in [0, 0.1) is 0 Å². The van der Waals surface area contributed by atoms with E-state index in [2.05, 4.69) is 11.1 Å². The van der Waals surface area contributed by atoms with Crippen molar-refractivity contribution < 1.29 is 26.3 Å². The maximum absolute atomic E-state index is 10.5. The van der Waals surface area contributed by atoms with Gasteiger partial charge in [-0.25, -0.2) is 4.18 Å². The molecular formula is C18H32O6S. The lowest BCUT2D eigenvalue weighted by molar-refractivity contribution is 0.1000. The molecule has 0 saturated carbocycles. The van der Waals surface area contributed by atoms with Gasteiger partial charge in [-0.15, -0.1) is 0 Å². The number of hydrogen-bond donors (Lipinski definition) is 1. The highest BCUT2D eigenvalue weighted by Gasteiger charge is 2.08. The number of unbranched alkanes of at least 4 members (excludes halogenated alkanes) is 9. The standard InChI is InChI=1S/C18H32O6S/c1-2-3-4-5-6-7-8-9-10-11-14-22-15-17-12-13-18(24-17)16-23-25(19,20)21/h12-13H,2-11,14-16H2,1H3,(H,19,20,21). The second-order valence-electron chi connectivity index (χ2n) is 6.29. The molecule has 6 nitrogen and oxygen atoms in total. The van der Waals surface area contributed by atoms with Crippen LogP contribution >= 0.6 is 0 Å². The Bertz CT molecular complexity index is 538. The summed E-state index contributed by atoms with van der Waals surface area (Å²) in [5.74, 6) is 0.941. The number of furan rings is 1. The van der Waals surface area contributed by atoms with E-state index in [0.29, 0.717) is 24.7 Å².